The standard InChI is InChI=1S/C59H40N2/c1-3-22-44(23-4-1)59(45-24-5-2-6-25-45)54-32-12-9-29-50(54)51-37-36-48(40-55(51)59)60(56-35-17-19-41-18-7-8-28-49(41)56)46-26-15-20-42(38-46)43-21-16-27-47(39-43)61-57-33-13-10-30-52(57)53-31-11-14-34-58(53)61/h1-40H. The van der Waals surface area contributed by atoms with Crippen LogP contribution in [0.1, 0.15) is 22.3 Å². The molecule has 0 radical (unpaired) electrons. The van der Waals surface area contributed by atoms with Crippen LogP contribution in [0.4, 0.5) is 17.1 Å². The van der Waals surface area contributed by atoms with E-state index in [9.17, 15) is 0 Å². The van der Waals surface area contributed by atoms with Gasteiger partial charge in [-0.1, -0.05) is 188 Å². The van der Waals surface area contributed by atoms with Crippen molar-refractivity contribution in [2.24, 2.45) is 0 Å². The summed E-state index contributed by atoms with van der Waals surface area (Å²) in [6.07, 6.45) is 0. The monoisotopic (exact) mass is 776 g/mol. The van der Waals surface area contributed by atoms with Crippen molar-refractivity contribution in [2.45, 2.75) is 5.41 Å². The fourth-order valence-corrected chi connectivity index (χ4v) is 10.3. The summed E-state index contributed by atoms with van der Waals surface area (Å²) in [7, 11) is 0. The summed E-state index contributed by atoms with van der Waals surface area (Å²) in [6.45, 7) is 0. The zero-order valence-electron chi connectivity index (χ0n) is 33.5. The highest BCUT2D eigenvalue weighted by molar-refractivity contribution is 6.09. The third-order valence-corrected chi connectivity index (χ3v) is 12.8. The molecule has 286 valence electrons. The number of anilines is 3. The Bertz CT molecular complexity index is 3330. The van der Waals surface area contributed by atoms with E-state index in [1.54, 1.807) is 0 Å². The lowest BCUT2D eigenvalue weighted by molar-refractivity contribution is 0.768. The van der Waals surface area contributed by atoms with Crippen molar-refractivity contribution in [2.75, 3.05) is 4.90 Å². The third kappa shape index (κ3) is 5.43. The molecule has 61 heavy (non-hydrogen) atoms. The Morgan fingerprint density at radius 3 is 1.62 bits per heavy atom. The molecular weight excluding hydrogens is 737 g/mol. The quantitative estimate of drug-likeness (QED) is 0.156. The molecule has 2 nitrogen and oxygen atoms in total. The summed E-state index contributed by atoms with van der Waals surface area (Å²) in [5.74, 6) is 0. The molecule has 0 unspecified atom stereocenters. The van der Waals surface area contributed by atoms with Crippen LogP contribution in [0, 0.1) is 0 Å². The molecule has 0 fully saturated rings. The normalized spacial score (nSPS) is 12.7. The van der Waals surface area contributed by atoms with Gasteiger partial charge in [-0.2, -0.15) is 0 Å². The van der Waals surface area contributed by atoms with Gasteiger partial charge in [0.2, 0.25) is 0 Å². The highest BCUT2D eigenvalue weighted by atomic mass is 15.1. The van der Waals surface area contributed by atoms with E-state index < -0.39 is 5.41 Å². The van der Waals surface area contributed by atoms with E-state index in [2.05, 4.69) is 252 Å². The predicted octanol–water partition coefficient (Wildman–Crippen LogP) is 15.4. The molecule has 1 aliphatic rings. The second kappa shape index (κ2) is 14.1. The lowest BCUT2D eigenvalue weighted by atomic mass is 9.67. The number of fused-ring (bicyclic) bond motifs is 7. The van der Waals surface area contributed by atoms with Gasteiger partial charge in [-0.15, -0.1) is 0 Å². The van der Waals surface area contributed by atoms with E-state index in [0.717, 1.165) is 33.9 Å². The van der Waals surface area contributed by atoms with Crippen molar-refractivity contribution >= 4 is 49.6 Å². The van der Waals surface area contributed by atoms with Crippen LogP contribution in [0.25, 0.3) is 60.5 Å². The minimum atomic E-state index is -0.510. The summed E-state index contributed by atoms with van der Waals surface area (Å²) in [4.78, 5) is 2.46. The highest BCUT2D eigenvalue weighted by Gasteiger charge is 2.46. The summed E-state index contributed by atoms with van der Waals surface area (Å²) in [5, 5.41) is 4.93. The zero-order chi connectivity index (χ0) is 40.3. The van der Waals surface area contributed by atoms with Gasteiger partial charge in [0.1, 0.15) is 0 Å². The number of hydrogen-bond acceptors (Lipinski definition) is 1. The first-order valence-electron chi connectivity index (χ1n) is 21.1. The number of rotatable bonds is 7. The van der Waals surface area contributed by atoms with Crippen LogP contribution in [-0.2, 0) is 5.41 Å². The Labute approximate surface area is 355 Å². The third-order valence-electron chi connectivity index (χ3n) is 12.8. The molecule has 0 N–H and O–H groups in total. The fourth-order valence-electron chi connectivity index (χ4n) is 10.3. The molecule has 2 heteroatoms. The Hall–Kier alpha value is -7.94. The molecule has 10 aromatic carbocycles. The van der Waals surface area contributed by atoms with E-state index in [0.29, 0.717) is 0 Å². The van der Waals surface area contributed by atoms with Gasteiger partial charge in [-0.05, 0) is 104 Å². The van der Waals surface area contributed by atoms with Crippen LogP contribution < -0.4 is 4.90 Å². The number of para-hydroxylation sites is 2. The van der Waals surface area contributed by atoms with E-state index in [4.69, 9.17) is 0 Å². The van der Waals surface area contributed by atoms with Crippen LogP contribution in [0.15, 0.2) is 243 Å². The smallest absolute Gasteiger partial charge is 0.0714 e. The van der Waals surface area contributed by atoms with Gasteiger partial charge in [0.05, 0.1) is 22.1 Å². The molecule has 0 aliphatic heterocycles. The summed E-state index contributed by atoms with van der Waals surface area (Å²) in [6, 6.07) is 89.1. The van der Waals surface area contributed by atoms with Crippen molar-refractivity contribution in [3.8, 4) is 27.9 Å². The first-order valence-corrected chi connectivity index (χ1v) is 21.1. The summed E-state index contributed by atoms with van der Waals surface area (Å²) < 4.78 is 2.40. The average Bonchev–Trinajstić information content (AvgIpc) is 3.83. The minimum absolute atomic E-state index is 0.510. The average molecular weight is 777 g/mol. The maximum atomic E-state index is 2.46. The van der Waals surface area contributed by atoms with Crippen LogP contribution in [0.2, 0.25) is 0 Å². The number of nitrogens with zero attached hydrogens (tertiary/aromatic N) is 2. The Morgan fingerprint density at radius 2 is 0.885 bits per heavy atom. The first kappa shape index (κ1) is 35.0. The van der Waals surface area contributed by atoms with Gasteiger partial charge in [-0.3, -0.25) is 0 Å². The van der Waals surface area contributed by atoms with Crippen molar-refractivity contribution in [1.82, 2.24) is 4.57 Å². The maximum absolute atomic E-state index is 2.46. The van der Waals surface area contributed by atoms with Crippen molar-refractivity contribution < 1.29 is 0 Å². The van der Waals surface area contributed by atoms with Gasteiger partial charge >= 0.3 is 0 Å². The largest absolute Gasteiger partial charge is 0.310 e. The maximum Gasteiger partial charge on any atom is 0.0714 e. The molecule has 0 bridgehead atoms. The van der Waals surface area contributed by atoms with Crippen LogP contribution in [-0.4, -0.2) is 4.57 Å². The van der Waals surface area contributed by atoms with E-state index in [-0.39, 0.29) is 0 Å². The molecule has 1 aliphatic carbocycles. The van der Waals surface area contributed by atoms with Gasteiger partial charge in [0.15, 0.2) is 0 Å². The number of hydrogen-bond donors (Lipinski definition) is 0. The number of aromatic nitrogens is 1. The lowest BCUT2D eigenvalue weighted by Gasteiger charge is -2.35. The lowest BCUT2D eigenvalue weighted by Crippen LogP contribution is -2.28. The van der Waals surface area contributed by atoms with E-state index in [1.165, 1.54) is 66.0 Å². The molecule has 0 amide bonds. The molecule has 1 aromatic heterocycles. The van der Waals surface area contributed by atoms with Gasteiger partial charge in [-0.25, -0.2) is 0 Å². The SMILES string of the molecule is c1ccc(C2(c3ccccc3)c3ccccc3-c3ccc(N(c4cccc(-c5cccc(-n6c7ccccc7c7ccccc76)c5)c4)c4cccc5ccccc45)cc32)cc1. The second-order valence-corrected chi connectivity index (χ2v) is 16.1. The van der Waals surface area contributed by atoms with Crippen LogP contribution in [0.3, 0.4) is 0 Å². The number of benzene rings is 10. The molecule has 12 rings (SSSR count). The van der Waals surface area contributed by atoms with Crippen molar-refractivity contribution in [1.29, 1.82) is 0 Å². The Balaban J connectivity index is 1.07. The van der Waals surface area contributed by atoms with Gasteiger partial charge in [0.25, 0.3) is 0 Å². The van der Waals surface area contributed by atoms with Gasteiger partial charge < -0.3 is 9.47 Å². The molecule has 1 heterocycles. The topological polar surface area (TPSA) is 8.17 Å². The second-order valence-electron chi connectivity index (χ2n) is 16.1. The molecule has 11 aromatic rings. The fraction of sp³-hybridized carbons (Fsp3) is 0.0169. The Morgan fingerprint density at radius 1 is 0.344 bits per heavy atom. The summed E-state index contributed by atoms with van der Waals surface area (Å²) in [5.41, 5.74) is 16.3. The molecule has 0 saturated heterocycles. The summed E-state index contributed by atoms with van der Waals surface area (Å²) >= 11 is 0. The van der Waals surface area contributed by atoms with Crippen LogP contribution >= 0.6 is 0 Å². The van der Waals surface area contributed by atoms with E-state index >= 15 is 0 Å². The molecular formula is C59H40N2. The Kier molecular flexibility index (Phi) is 8.11. The molecule has 0 atom stereocenters. The molecule has 0 spiro atoms. The zero-order valence-corrected chi connectivity index (χ0v) is 33.5. The van der Waals surface area contributed by atoms with Crippen molar-refractivity contribution in [3.63, 3.8) is 0 Å². The molecule has 0 saturated carbocycles. The highest BCUT2D eigenvalue weighted by Crippen LogP contribution is 2.57. The van der Waals surface area contributed by atoms with Crippen LogP contribution in [0.5, 0.6) is 0 Å². The minimum Gasteiger partial charge on any atom is -0.310 e. The van der Waals surface area contributed by atoms with Crippen molar-refractivity contribution in [3.05, 3.63) is 265 Å². The predicted molar refractivity (Wildman–Crippen MR) is 256 cm³/mol. The van der Waals surface area contributed by atoms with Gasteiger partial charge in [0, 0.05) is 33.2 Å². The first-order chi connectivity index (χ1) is 30.3. The van der Waals surface area contributed by atoms with E-state index in [1.807, 2.05) is 0 Å².